The van der Waals surface area contributed by atoms with E-state index >= 15 is 0 Å². The highest BCUT2D eigenvalue weighted by atomic mass is 35.5. The van der Waals surface area contributed by atoms with Gasteiger partial charge in [-0.15, -0.1) is 0 Å². The maximum atomic E-state index is 13.6. The SMILES string of the molecule is O=C(Nc1ccc(N2CCCCC2)c(C(F)(F)F)c1)c1cc(Cl)ccc1O. The van der Waals surface area contributed by atoms with Gasteiger partial charge in [0.05, 0.1) is 11.1 Å². The Morgan fingerprint density at radius 1 is 1.07 bits per heavy atom. The van der Waals surface area contributed by atoms with Gasteiger partial charge in [0.1, 0.15) is 5.75 Å². The molecule has 0 radical (unpaired) electrons. The molecule has 2 N–H and O–H groups in total. The van der Waals surface area contributed by atoms with Gasteiger partial charge >= 0.3 is 6.18 Å². The summed E-state index contributed by atoms with van der Waals surface area (Å²) in [4.78, 5) is 14.0. The predicted molar refractivity (Wildman–Crippen MR) is 98.6 cm³/mol. The molecule has 1 saturated heterocycles. The number of nitrogens with one attached hydrogen (secondary N) is 1. The van der Waals surface area contributed by atoms with Crippen LogP contribution in [0.1, 0.15) is 35.2 Å². The summed E-state index contributed by atoms with van der Waals surface area (Å²) < 4.78 is 40.7. The van der Waals surface area contributed by atoms with Crippen LogP contribution in [0.25, 0.3) is 0 Å². The monoisotopic (exact) mass is 398 g/mol. The average Bonchev–Trinajstić information content (AvgIpc) is 2.63. The third-order valence-corrected chi connectivity index (χ3v) is 4.69. The van der Waals surface area contributed by atoms with Crippen molar-refractivity contribution in [3.63, 3.8) is 0 Å². The Hall–Kier alpha value is -2.41. The van der Waals surface area contributed by atoms with Gasteiger partial charge in [0, 0.05) is 29.5 Å². The highest BCUT2D eigenvalue weighted by Gasteiger charge is 2.35. The van der Waals surface area contributed by atoms with Crippen LogP contribution in [0.4, 0.5) is 24.5 Å². The largest absolute Gasteiger partial charge is 0.507 e. The summed E-state index contributed by atoms with van der Waals surface area (Å²) in [6, 6.07) is 7.63. The zero-order valence-electron chi connectivity index (χ0n) is 14.3. The molecular formula is C19H18ClF3N2O2. The molecule has 1 amide bonds. The second-order valence-corrected chi connectivity index (χ2v) is 6.83. The first-order valence-electron chi connectivity index (χ1n) is 8.52. The van der Waals surface area contributed by atoms with Gasteiger partial charge in [-0.3, -0.25) is 4.79 Å². The number of rotatable bonds is 3. The Balaban J connectivity index is 1.90. The van der Waals surface area contributed by atoms with E-state index < -0.39 is 17.6 Å². The minimum absolute atomic E-state index is 0.00698. The molecule has 1 heterocycles. The molecule has 1 aliphatic rings. The number of halogens is 4. The normalized spacial score (nSPS) is 14.9. The van der Waals surface area contributed by atoms with Gasteiger partial charge < -0.3 is 15.3 Å². The number of phenols is 1. The van der Waals surface area contributed by atoms with Gasteiger partial charge in [-0.05, 0) is 55.7 Å². The number of nitrogens with zero attached hydrogens (tertiary/aromatic N) is 1. The predicted octanol–water partition coefficient (Wildman–Crippen LogP) is 5.31. The summed E-state index contributed by atoms with van der Waals surface area (Å²) in [5.74, 6) is -1.05. The van der Waals surface area contributed by atoms with Crippen LogP contribution in [0.2, 0.25) is 5.02 Å². The fourth-order valence-electron chi connectivity index (χ4n) is 3.14. The summed E-state index contributed by atoms with van der Waals surface area (Å²) in [5, 5.41) is 12.4. The van der Waals surface area contributed by atoms with Gasteiger partial charge in [-0.2, -0.15) is 13.2 Å². The summed E-state index contributed by atoms with van der Waals surface area (Å²) in [7, 11) is 0. The molecule has 0 aliphatic carbocycles. The van der Waals surface area contributed by atoms with Crippen LogP contribution in [0.15, 0.2) is 36.4 Å². The Morgan fingerprint density at radius 3 is 2.44 bits per heavy atom. The van der Waals surface area contributed by atoms with Crippen LogP contribution in [-0.4, -0.2) is 24.1 Å². The number of amides is 1. The Bertz CT molecular complexity index is 849. The van der Waals surface area contributed by atoms with Gasteiger partial charge in [-0.25, -0.2) is 0 Å². The third-order valence-electron chi connectivity index (χ3n) is 4.46. The molecule has 0 atom stereocenters. The number of benzene rings is 2. The van der Waals surface area contributed by atoms with Crippen molar-refractivity contribution in [3.05, 3.63) is 52.5 Å². The summed E-state index contributed by atoms with van der Waals surface area (Å²) in [5.41, 5.74) is -0.799. The third kappa shape index (κ3) is 4.47. The van der Waals surface area contributed by atoms with E-state index in [1.54, 1.807) is 4.90 Å². The van der Waals surface area contributed by atoms with Gasteiger partial charge in [0.25, 0.3) is 5.91 Å². The van der Waals surface area contributed by atoms with E-state index in [9.17, 15) is 23.1 Å². The Labute approximate surface area is 159 Å². The second-order valence-electron chi connectivity index (χ2n) is 6.39. The van der Waals surface area contributed by atoms with Crippen LogP contribution < -0.4 is 10.2 Å². The summed E-state index contributed by atoms with van der Waals surface area (Å²) in [6.07, 6.45) is -1.84. The van der Waals surface area contributed by atoms with Crippen molar-refractivity contribution < 1.29 is 23.1 Å². The quantitative estimate of drug-likeness (QED) is 0.737. The van der Waals surface area contributed by atoms with Crippen LogP contribution in [0.5, 0.6) is 5.75 Å². The lowest BCUT2D eigenvalue weighted by molar-refractivity contribution is -0.137. The van der Waals surface area contributed by atoms with Crippen LogP contribution >= 0.6 is 11.6 Å². The second kappa shape index (κ2) is 7.68. The number of anilines is 2. The van der Waals surface area contributed by atoms with Crippen molar-refractivity contribution in [3.8, 4) is 5.75 Å². The molecule has 27 heavy (non-hydrogen) atoms. The minimum atomic E-state index is -4.55. The molecule has 0 saturated carbocycles. The van der Waals surface area contributed by atoms with Crippen molar-refractivity contribution in [1.82, 2.24) is 0 Å². The fourth-order valence-corrected chi connectivity index (χ4v) is 3.31. The maximum absolute atomic E-state index is 13.6. The Kier molecular flexibility index (Phi) is 5.51. The van der Waals surface area contributed by atoms with E-state index in [1.165, 1.54) is 30.3 Å². The maximum Gasteiger partial charge on any atom is 0.418 e. The highest BCUT2D eigenvalue weighted by Crippen LogP contribution is 2.39. The van der Waals surface area contributed by atoms with Gasteiger partial charge in [-0.1, -0.05) is 11.6 Å². The molecule has 144 valence electrons. The minimum Gasteiger partial charge on any atom is -0.507 e. The van der Waals surface area contributed by atoms with Gasteiger partial charge in [0.2, 0.25) is 0 Å². The fraction of sp³-hybridized carbons (Fsp3) is 0.316. The van der Waals surface area contributed by atoms with E-state index in [4.69, 9.17) is 11.6 Å². The molecule has 1 aliphatic heterocycles. The first-order valence-corrected chi connectivity index (χ1v) is 8.89. The molecule has 0 aromatic heterocycles. The standard InChI is InChI=1S/C19H18ClF3N2O2/c20-12-4-7-17(26)14(10-12)18(27)24-13-5-6-16(15(11-13)19(21,22)23)25-8-2-1-3-9-25/h4-7,10-11,26H,1-3,8-9H2,(H,24,27). The Morgan fingerprint density at radius 2 is 1.78 bits per heavy atom. The van der Waals surface area contributed by atoms with Crippen molar-refractivity contribution in [1.29, 1.82) is 0 Å². The molecule has 0 unspecified atom stereocenters. The molecule has 2 aromatic carbocycles. The van der Waals surface area contributed by atoms with E-state index in [2.05, 4.69) is 5.32 Å². The number of piperidine rings is 1. The molecule has 2 aromatic rings. The molecule has 4 nitrogen and oxygen atoms in total. The first kappa shape index (κ1) is 19.4. The number of hydrogen-bond acceptors (Lipinski definition) is 3. The summed E-state index contributed by atoms with van der Waals surface area (Å²) >= 11 is 5.81. The highest BCUT2D eigenvalue weighted by molar-refractivity contribution is 6.31. The molecule has 8 heteroatoms. The average molecular weight is 399 g/mol. The van der Waals surface area contributed by atoms with Gasteiger partial charge in [0.15, 0.2) is 0 Å². The molecule has 0 spiro atoms. The lowest BCUT2D eigenvalue weighted by Crippen LogP contribution is -2.31. The van der Waals surface area contributed by atoms with Crippen molar-refractivity contribution >= 4 is 28.9 Å². The number of hydrogen-bond donors (Lipinski definition) is 2. The van der Waals surface area contributed by atoms with E-state index in [0.717, 1.165) is 25.3 Å². The van der Waals surface area contributed by atoms with Crippen LogP contribution in [-0.2, 0) is 6.18 Å². The number of carbonyl (C=O) groups is 1. The number of aromatic hydroxyl groups is 1. The number of alkyl halides is 3. The molecular weight excluding hydrogens is 381 g/mol. The number of phenolic OH excluding ortho intramolecular Hbond substituents is 1. The molecule has 3 rings (SSSR count). The van der Waals surface area contributed by atoms with E-state index in [-0.39, 0.29) is 27.7 Å². The number of carbonyl (C=O) groups excluding carboxylic acids is 1. The van der Waals surface area contributed by atoms with Crippen molar-refractivity contribution in [2.45, 2.75) is 25.4 Å². The lowest BCUT2D eigenvalue weighted by Gasteiger charge is -2.31. The molecule has 0 bridgehead atoms. The van der Waals surface area contributed by atoms with Crippen molar-refractivity contribution in [2.75, 3.05) is 23.3 Å². The first-order chi connectivity index (χ1) is 12.8. The zero-order valence-corrected chi connectivity index (χ0v) is 15.1. The molecule has 1 fully saturated rings. The summed E-state index contributed by atoms with van der Waals surface area (Å²) in [6.45, 7) is 1.15. The lowest BCUT2D eigenvalue weighted by atomic mass is 10.1. The smallest absolute Gasteiger partial charge is 0.418 e. The van der Waals surface area contributed by atoms with Crippen molar-refractivity contribution in [2.24, 2.45) is 0 Å². The topological polar surface area (TPSA) is 52.6 Å². The van der Waals surface area contributed by atoms with E-state index in [1.807, 2.05) is 0 Å². The zero-order chi connectivity index (χ0) is 19.6. The van der Waals surface area contributed by atoms with E-state index in [0.29, 0.717) is 13.1 Å². The van der Waals surface area contributed by atoms with Crippen LogP contribution in [0.3, 0.4) is 0 Å². The van der Waals surface area contributed by atoms with Crippen LogP contribution in [0, 0.1) is 0 Å².